The zero-order valence-corrected chi connectivity index (χ0v) is 9.90. The van der Waals surface area contributed by atoms with Crippen LogP contribution in [0.1, 0.15) is 21.6 Å². The van der Waals surface area contributed by atoms with Gasteiger partial charge in [0.15, 0.2) is 5.75 Å². The molecule has 20 heavy (non-hydrogen) atoms. The molecule has 1 rings (SSSR count). The van der Waals surface area contributed by atoms with Crippen molar-refractivity contribution >= 4 is 17.6 Å². The van der Waals surface area contributed by atoms with Crippen LogP contribution in [0.4, 0.5) is 26.3 Å². The third kappa shape index (κ3) is 3.65. The zero-order valence-electron chi connectivity index (χ0n) is 9.14. The van der Waals surface area contributed by atoms with Gasteiger partial charge in [-0.2, -0.15) is 13.2 Å². The molecule has 0 saturated carbocycles. The van der Waals surface area contributed by atoms with Gasteiger partial charge in [0.25, 0.3) is 0 Å². The van der Waals surface area contributed by atoms with Crippen LogP contribution in [-0.2, 0) is 12.1 Å². The lowest BCUT2D eigenvalue weighted by atomic mass is 10.1. The van der Waals surface area contributed by atoms with E-state index in [9.17, 15) is 31.1 Å². The Hall–Kier alpha value is -1.71. The van der Waals surface area contributed by atoms with Crippen molar-refractivity contribution in [3.05, 3.63) is 23.0 Å². The summed E-state index contributed by atoms with van der Waals surface area (Å²) in [5, 5.41) is 8.71. The number of carbonyl (C=O) groups is 1. The molecule has 4 nitrogen and oxygen atoms in total. The van der Waals surface area contributed by atoms with E-state index in [0.717, 1.165) is 0 Å². The maximum Gasteiger partial charge on any atom is 0.573 e. The van der Waals surface area contributed by atoms with Gasteiger partial charge in [0.2, 0.25) is 0 Å². The number of nitrogens with zero attached hydrogens (tertiary/aromatic N) is 1. The number of halogens is 7. The van der Waals surface area contributed by atoms with Crippen molar-refractivity contribution < 1.29 is 41.0 Å². The average molecular weight is 324 g/mol. The van der Waals surface area contributed by atoms with Crippen LogP contribution in [0, 0.1) is 0 Å². The zero-order chi connectivity index (χ0) is 15.7. The van der Waals surface area contributed by atoms with Crippen LogP contribution in [0.5, 0.6) is 5.75 Å². The van der Waals surface area contributed by atoms with Gasteiger partial charge in [-0.3, -0.25) is 4.98 Å². The van der Waals surface area contributed by atoms with Crippen LogP contribution < -0.4 is 4.74 Å². The Morgan fingerprint density at radius 2 is 1.85 bits per heavy atom. The Morgan fingerprint density at radius 1 is 1.30 bits per heavy atom. The van der Waals surface area contributed by atoms with Gasteiger partial charge in [-0.15, -0.1) is 24.8 Å². The van der Waals surface area contributed by atoms with Crippen molar-refractivity contribution in [2.75, 3.05) is 0 Å². The molecule has 0 fully saturated rings. The van der Waals surface area contributed by atoms with Gasteiger partial charge >= 0.3 is 18.5 Å². The van der Waals surface area contributed by atoms with E-state index in [4.69, 9.17) is 16.7 Å². The number of pyridine rings is 1. The summed E-state index contributed by atoms with van der Waals surface area (Å²) in [7, 11) is 0. The molecule has 1 aromatic rings. The Labute approximate surface area is 111 Å². The summed E-state index contributed by atoms with van der Waals surface area (Å²) < 4.78 is 77.7. The smallest absolute Gasteiger partial charge is 0.478 e. The highest BCUT2D eigenvalue weighted by molar-refractivity contribution is 6.17. The number of aromatic carboxylic acids is 1. The van der Waals surface area contributed by atoms with Crippen molar-refractivity contribution in [2.45, 2.75) is 18.4 Å². The summed E-state index contributed by atoms with van der Waals surface area (Å²) in [6.45, 7) is 0. The fraction of sp³-hybridized carbons (Fsp3) is 0.333. The highest BCUT2D eigenvalue weighted by atomic mass is 35.5. The molecule has 0 atom stereocenters. The molecule has 0 amide bonds. The monoisotopic (exact) mass is 323 g/mol. The molecule has 112 valence electrons. The van der Waals surface area contributed by atoms with Crippen LogP contribution >= 0.6 is 11.6 Å². The maximum atomic E-state index is 12.8. The molecule has 0 spiro atoms. The molecule has 0 saturated heterocycles. The lowest BCUT2D eigenvalue weighted by molar-refractivity contribution is -0.275. The molecule has 0 aliphatic carbocycles. The maximum absolute atomic E-state index is 12.8. The molecule has 0 aromatic carbocycles. The van der Waals surface area contributed by atoms with E-state index in [1.54, 1.807) is 0 Å². The van der Waals surface area contributed by atoms with Crippen molar-refractivity contribution in [2.24, 2.45) is 0 Å². The minimum Gasteiger partial charge on any atom is -0.478 e. The van der Waals surface area contributed by atoms with Gasteiger partial charge in [0.05, 0.1) is 23.3 Å². The lowest BCUT2D eigenvalue weighted by Crippen LogP contribution is -2.23. The number of carboxylic acid groups (broad SMARTS) is 1. The lowest BCUT2D eigenvalue weighted by Gasteiger charge is -2.17. The summed E-state index contributed by atoms with van der Waals surface area (Å²) in [6, 6.07) is 0. The second kappa shape index (κ2) is 5.35. The number of hydrogen-bond acceptors (Lipinski definition) is 3. The average Bonchev–Trinajstić information content (AvgIpc) is 2.24. The second-order valence-corrected chi connectivity index (χ2v) is 3.57. The van der Waals surface area contributed by atoms with Crippen LogP contribution in [-0.4, -0.2) is 22.4 Å². The van der Waals surface area contributed by atoms with Gasteiger partial charge in [0.1, 0.15) is 5.56 Å². The normalized spacial score (nSPS) is 12.3. The van der Waals surface area contributed by atoms with E-state index in [1.165, 1.54) is 0 Å². The third-order valence-electron chi connectivity index (χ3n) is 1.97. The first-order valence-electron chi connectivity index (χ1n) is 4.61. The highest BCUT2D eigenvalue weighted by Gasteiger charge is 2.42. The molecular weight excluding hydrogens is 320 g/mol. The van der Waals surface area contributed by atoms with Gasteiger partial charge in [0, 0.05) is 0 Å². The number of alkyl halides is 7. The standard InChI is InChI=1S/C9H4ClF6NO3/c10-1-3-6(8(11,12)13)5(7(18)19)4(2-17-3)20-9(14,15)16/h2H,1H2,(H,18,19). The van der Waals surface area contributed by atoms with Crippen molar-refractivity contribution in [3.63, 3.8) is 0 Å². The largest absolute Gasteiger partial charge is 0.573 e. The molecule has 0 aliphatic rings. The van der Waals surface area contributed by atoms with E-state index in [2.05, 4.69) is 9.72 Å². The minimum atomic E-state index is -5.36. The number of ether oxygens (including phenoxy) is 1. The second-order valence-electron chi connectivity index (χ2n) is 3.30. The SMILES string of the molecule is O=C(O)c1c(OC(F)(F)F)cnc(CCl)c1C(F)(F)F. The third-order valence-corrected chi connectivity index (χ3v) is 2.23. The van der Waals surface area contributed by atoms with Crippen molar-refractivity contribution in [3.8, 4) is 5.75 Å². The highest BCUT2D eigenvalue weighted by Crippen LogP contribution is 2.39. The summed E-state index contributed by atoms with van der Waals surface area (Å²) in [5.74, 6) is -4.64. The van der Waals surface area contributed by atoms with E-state index in [0.29, 0.717) is 0 Å². The van der Waals surface area contributed by atoms with E-state index in [1.807, 2.05) is 0 Å². The number of rotatable bonds is 3. The number of carboxylic acids is 1. The van der Waals surface area contributed by atoms with Crippen molar-refractivity contribution in [1.29, 1.82) is 0 Å². The van der Waals surface area contributed by atoms with Crippen LogP contribution in [0.15, 0.2) is 6.20 Å². The molecule has 0 aliphatic heterocycles. The molecular formula is C9H4ClF6NO3. The van der Waals surface area contributed by atoms with Gasteiger partial charge in [-0.05, 0) is 0 Å². The first kappa shape index (κ1) is 16.3. The molecule has 1 heterocycles. The molecule has 11 heteroatoms. The molecule has 0 bridgehead atoms. The predicted octanol–water partition coefficient (Wildman–Crippen LogP) is 3.44. The Kier molecular flexibility index (Phi) is 4.37. The summed E-state index contributed by atoms with van der Waals surface area (Å²) in [6.07, 6.45) is -10.4. The summed E-state index contributed by atoms with van der Waals surface area (Å²) in [5.41, 5.74) is -4.48. The van der Waals surface area contributed by atoms with Crippen LogP contribution in [0.2, 0.25) is 0 Å². The number of hydrogen-bond donors (Lipinski definition) is 1. The molecule has 1 N–H and O–H groups in total. The quantitative estimate of drug-likeness (QED) is 0.684. The minimum absolute atomic E-state index is 0.226. The van der Waals surface area contributed by atoms with Gasteiger partial charge < -0.3 is 9.84 Å². The molecule has 0 radical (unpaired) electrons. The van der Waals surface area contributed by atoms with Gasteiger partial charge in [-0.1, -0.05) is 0 Å². The molecule has 0 unspecified atom stereocenters. The predicted molar refractivity (Wildman–Crippen MR) is 52.4 cm³/mol. The van der Waals surface area contributed by atoms with E-state index >= 15 is 0 Å². The van der Waals surface area contributed by atoms with Crippen molar-refractivity contribution in [1.82, 2.24) is 4.98 Å². The number of aromatic nitrogens is 1. The Bertz CT molecular complexity index is 528. The Balaban J connectivity index is 3.61. The van der Waals surface area contributed by atoms with E-state index < -0.39 is 47.0 Å². The summed E-state index contributed by atoms with van der Waals surface area (Å²) >= 11 is 5.18. The summed E-state index contributed by atoms with van der Waals surface area (Å²) in [4.78, 5) is 13.9. The van der Waals surface area contributed by atoms with Crippen LogP contribution in [0.3, 0.4) is 0 Å². The van der Waals surface area contributed by atoms with Crippen LogP contribution in [0.25, 0.3) is 0 Å². The first-order chi connectivity index (χ1) is 8.97. The Morgan fingerprint density at radius 3 is 2.20 bits per heavy atom. The fourth-order valence-electron chi connectivity index (χ4n) is 1.35. The topological polar surface area (TPSA) is 59.4 Å². The fourth-order valence-corrected chi connectivity index (χ4v) is 1.56. The van der Waals surface area contributed by atoms with E-state index in [-0.39, 0.29) is 6.20 Å². The van der Waals surface area contributed by atoms with Gasteiger partial charge in [-0.25, -0.2) is 4.79 Å². The molecule has 1 aromatic heterocycles. The first-order valence-corrected chi connectivity index (χ1v) is 5.15.